The lowest BCUT2D eigenvalue weighted by atomic mass is 10.1. The maximum atomic E-state index is 9.52. The van der Waals surface area contributed by atoms with E-state index in [0.29, 0.717) is 11.7 Å². The Balaban J connectivity index is 1.62. The first kappa shape index (κ1) is 12.1. The topological polar surface area (TPSA) is 59.2 Å². The number of hydrogen-bond acceptors (Lipinski definition) is 4. The minimum atomic E-state index is 0.201. The molecule has 0 amide bonds. The summed E-state index contributed by atoms with van der Waals surface area (Å²) < 4.78 is 5.43. The lowest BCUT2D eigenvalue weighted by Crippen LogP contribution is -1.98. The zero-order valence-electron chi connectivity index (χ0n) is 11.4. The van der Waals surface area contributed by atoms with Crippen molar-refractivity contribution in [3.63, 3.8) is 0 Å². The molecule has 3 aromatic rings. The van der Waals surface area contributed by atoms with E-state index >= 15 is 0 Å². The van der Waals surface area contributed by atoms with Crippen molar-refractivity contribution in [2.75, 3.05) is 0 Å². The van der Waals surface area contributed by atoms with E-state index in [0.717, 1.165) is 18.4 Å². The van der Waals surface area contributed by atoms with E-state index in [9.17, 15) is 5.11 Å². The summed E-state index contributed by atoms with van der Waals surface area (Å²) in [6, 6.07) is 15.3. The van der Waals surface area contributed by atoms with Gasteiger partial charge >= 0.3 is 0 Å². The quantitative estimate of drug-likeness (QED) is 0.781. The van der Waals surface area contributed by atoms with E-state index in [2.05, 4.69) is 34.4 Å². The lowest BCUT2D eigenvalue weighted by Gasteiger charge is -2.00. The van der Waals surface area contributed by atoms with Gasteiger partial charge in [0.2, 0.25) is 11.7 Å². The predicted octanol–water partition coefficient (Wildman–Crippen LogP) is 3.32. The lowest BCUT2D eigenvalue weighted by molar-refractivity contribution is 0.356. The number of aromatic hydroxyl groups is 1. The molecule has 104 valence electrons. The van der Waals surface area contributed by atoms with Gasteiger partial charge in [0, 0.05) is 11.5 Å². The van der Waals surface area contributed by atoms with E-state index < -0.39 is 0 Å². The minimum Gasteiger partial charge on any atom is -0.508 e. The Morgan fingerprint density at radius 1 is 1.00 bits per heavy atom. The number of benzene rings is 2. The molecule has 0 radical (unpaired) electrons. The largest absolute Gasteiger partial charge is 0.508 e. The van der Waals surface area contributed by atoms with Gasteiger partial charge in [-0.2, -0.15) is 4.98 Å². The van der Waals surface area contributed by atoms with Gasteiger partial charge in [-0.15, -0.1) is 0 Å². The third-order valence-electron chi connectivity index (χ3n) is 3.95. The van der Waals surface area contributed by atoms with Crippen LogP contribution < -0.4 is 0 Å². The molecule has 1 aromatic heterocycles. The van der Waals surface area contributed by atoms with Crippen molar-refractivity contribution >= 4 is 0 Å². The second kappa shape index (κ2) is 4.74. The molecule has 0 saturated carbocycles. The number of aromatic nitrogens is 2. The van der Waals surface area contributed by atoms with Crippen molar-refractivity contribution in [1.82, 2.24) is 10.1 Å². The van der Waals surface area contributed by atoms with Crippen molar-refractivity contribution < 1.29 is 9.63 Å². The Labute approximate surface area is 122 Å². The molecule has 4 heteroatoms. The van der Waals surface area contributed by atoms with Crippen LogP contribution in [0.3, 0.4) is 0 Å². The van der Waals surface area contributed by atoms with E-state index in [-0.39, 0.29) is 11.7 Å². The molecular formula is C17H14N2O2. The van der Waals surface area contributed by atoms with E-state index in [1.807, 2.05) is 6.07 Å². The van der Waals surface area contributed by atoms with Crippen LogP contribution in [0, 0.1) is 0 Å². The third-order valence-corrected chi connectivity index (χ3v) is 3.95. The molecule has 4 nitrogen and oxygen atoms in total. The number of nitrogens with zero attached hydrogens (tertiary/aromatic N) is 2. The van der Waals surface area contributed by atoms with E-state index in [1.54, 1.807) is 18.2 Å². The van der Waals surface area contributed by atoms with Crippen LogP contribution >= 0.6 is 0 Å². The van der Waals surface area contributed by atoms with Crippen LogP contribution in [-0.2, 0) is 12.8 Å². The van der Waals surface area contributed by atoms with Gasteiger partial charge in [-0.3, -0.25) is 0 Å². The molecule has 2 aromatic carbocycles. The van der Waals surface area contributed by atoms with Crippen molar-refractivity contribution in [3.8, 4) is 17.1 Å². The second-order valence-corrected chi connectivity index (χ2v) is 5.38. The van der Waals surface area contributed by atoms with Gasteiger partial charge < -0.3 is 9.63 Å². The maximum absolute atomic E-state index is 9.52. The standard InChI is InChI=1S/C17H14N2O2/c20-15-7-3-6-13(10-15)16-18-17(21-19-16)14-8-11-4-1-2-5-12(11)9-14/h1-7,10,14,20H,8-9H2. The van der Waals surface area contributed by atoms with Crippen LogP contribution in [0.4, 0.5) is 0 Å². The summed E-state index contributed by atoms with van der Waals surface area (Å²) in [6.07, 6.45) is 1.88. The SMILES string of the molecule is Oc1cccc(-c2noc(C3Cc4ccccc4C3)n2)c1. The highest BCUT2D eigenvalue weighted by Crippen LogP contribution is 2.33. The summed E-state index contributed by atoms with van der Waals surface area (Å²) in [5.41, 5.74) is 3.49. The first-order chi connectivity index (χ1) is 10.3. The molecule has 0 spiro atoms. The molecule has 1 heterocycles. The number of rotatable bonds is 2. The van der Waals surface area contributed by atoms with Crippen LogP contribution in [0.5, 0.6) is 5.75 Å². The van der Waals surface area contributed by atoms with Gasteiger partial charge in [0.25, 0.3) is 0 Å². The third kappa shape index (κ3) is 2.18. The number of phenolic OH excluding ortho intramolecular Hbond substituents is 1. The highest BCUT2D eigenvalue weighted by Gasteiger charge is 2.27. The first-order valence-corrected chi connectivity index (χ1v) is 6.99. The van der Waals surface area contributed by atoms with Gasteiger partial charge in [0.05, 0.1) is 0 Å². The molecule has 4 rings (SSSR count). The van der Waals surface area contributed by atoms with Crippen LogP contribution in [0.2, 0.25) is 0 Å². The Bertz CT molecular complexity index is 770. The molecule has 1 aliphatic carbocycles. The summed E-state index contributed by atoms with van der Waals surface area (Å²) in [7, 11) is 0. The normalized spacial score (nSPS) is 14.3. The van der Waals surface area contributed by atoms with Crippen molar-refractivity contribution in [3.05, 3.63) is 65.5 Å². The summed E-state index contributed by atoms with van der Waals surface area (Å²) in [4.78, 5) is 4.50. The van der Waals surface area contributed by atoms with Crippen LogP contribution in [0.1, 0.15) is 22.9 Å². The highest BCUT2D eigenvalue weighted by atomic mass is 16.5. The molecule has 0 atom stereocenters. The fourth-order valence-corrected chi connectivity index (χ4v) is 2.90. The molecule has 1 aliphatic rings. The summed E-state index contributed by atoms with van der Waals surface area (Å²) in [6.45, 7) is 0. The van der Waals surface area contributed by atoms with Crippen molar-refractivity contribution in [1.29, 1.82) is 0 Å². The fourth-order valence-electron chi connectivity index (χ4n) is 2.90. The zero-order chi connectivity index (χ0) is 14.2. The van der Waals surface area contributed by atoms with Crippen LogP contribution in [0.15, 0.2) is 53.1 Å². The average Bonchev–Trinajstić information content (AvgIpc) is 3.14. The first-order valence-electron chi connectivity index (χ1n) is 6.99. The van der Waals surface area contributed by atoms with E-state index in [4.69, 9.17) is 4.52 Å². The minimum absolute atomic E-state index is 0.201. The van der Waals surface area contributed by atoms with Gasteiger partial charge in [0.1, 0.15) is 5.75 Å². The number of phenols is 1. The van der Waals surface area contributed by atoms with Gasteiger partial charge in [-0.05, 0) is 36.1 Å². The Kier molecular flexibility index (Phi) is 2.74. The Morgan fingerprint density at radius 2 is 1.76 bits per heavy atom. The van der Waals surface area contributed by atoms with Gasteiger partial charge in [0.15, 0.2) is 0 Å². The van der Waals surface area contributed by atoms with E-state index in [1.165, 1.54) is 11.1 Å². The zero-order valence-corrected chi connectivity index (χ0v) is 11.4. The predicted molar refractivity (Wildman–Crippen MR) is 78.0 cm³/mol. The monoisotopic (exact) mass is 278 g/mol. The molecule has 0 saturated heterocycles. The van der Waals surface area contributed by atoms with Gasteiger partial charge in [-0.1, -0.05) is 41.6 Å². The molecule has 0 bridgehead atoms. The van der Waals surface area contributed by atoms with Crippen molar-refractivity contribution in [2.24, 2.45) is 0 Å². The van der Waals surface area contributed by atoms with Crippen LogP contribution in [0.25, 0.3) is 11.4 Å². The number of fused-ring (bicyclic) bond motifs is 1. The average molecular weight is 278 g/mol. The Hall–Kier alpha value is -2.62. The molecule has 1 N–H and O–H groups in total. The van der Waals surface area contributed by atoms with Crippen LogP contribution in [-0.4, -0.2) is 15.2 Å². The Morgan fingerprint density at radius 3 is 2.48 bits per heavy atom. The molecule has 0 fully saturated rings. The summed E-state index contributed by atoms with van der Waals surface area (Å²) >= 11 is 0. The maximum Gasteiger partial charge on any atom is 0.230 e. The summed E-state index contributed by atoms with van der Waals surface area (Å²) in [5.74, 6) is 1.65. The molecule has 0 aliphatic heterocycles. The number of hydrogen-bond donors (Lipinski definition) is 1. The molecule has 0 unspecified atom stereocenters. The van der Waals surface area contributed by atoms with Gasteiger partial charge in [-0.25, -0.2) is 0 Å². The second-order valence-electron chi connectivity index (χ2n) is 5.38. The smallest absolute Gasteiger partial charge is 0.230 e. The fraction of sp³-hybridized carbons (Fsp3) is 0.176. The summed E-state index contributed by atoms with van der Waals surface area (Å²) in [5, 5.41) is 13.6. The highest BCUT2D eigenvalue weighted by molar-refractivity contribution is 5.56. The van der Waals surface area contributed by atoms with Crippen molar-refractivity contribution in [2.45, 2.75) is 18.8 Å². The molecule has 21 heavy (non-hydrogen) atoms. The molecular weight excluding hydrogens is 264 g/mol.